The Kier molecular flexibility index (Phi) is 1.58. The molecule has 0 aromatic heterocycles. The van der Waals surface area contributed by atoms with Crippen molar-refractivity contribution in [3.8, 4) is 5.75 Å². The van der Waals surface area contributed by atoms with Crippen molar-refractivity contribution in [1.82, 2.24) is 0 Å². The van der Waals surface area contributed by atoms with Crippen molar-refractivity contribution in [2.45, 2.75) is 12.8 Å². The molecule has 1 amide bonds. The van der Waals surface area contributed by atoms with Crippen LogP contribution in [0.3, 0.4) is 0 Å². The SMILES string of the molecule is O=C1Nc2ccc(F)cc2OCC12CC2. The third kappa shape index (κ3) is 1.28. The molecule has 1 fully saturated rings. The molecule has 3 rings (SSSR count). The van der Waals surface area contributed by atoms with E-state index in [-0.39, 0.29) is 17.1 Å². The summed E-state index contributed by atoms with van der Waals surface area (Å²) in [7, 11) is 0. The van der Waals surface area contributed by atoms with Crippen LogP contribution in [0, 0.1) is 11.2 Å². The van der Waals surface area contributed by atoms with Gasteiger partial charge in [0.2, 0.25) is 5.91 Å². The number of amides is 1. The summed E-state index contributed by atoms with van der Waals surface area (Å²) >= 11 is 0. The van der Waals surface area contributed by atoms with Gasteiger partial charge in [-0.1, -0.05) is 0 Å². The summed E-state index contributed by atoms with van der Waals surface area (Å²) in [5, 5.41) is 2.77. The summed E-state index contributed by atoms with van der Waals surface area (Å²) in [5.41, 5.74) is 0.209. The summed E-state index contributed by atoms with van der Waals surface area (Å²) in [4.78, 5) is 11.8. The minimum atomic E-state index is -0.352. The van der Waals surface area contributed by atoms with Crippen molar-refractivity contribution in [3.05, 3.63) is 24.0 Å². The van der Waals surface area contributed by atoms with Crippen LogP contribution in [0.4, 0.5) is 10.1 Å². The molecule has 1 aliphatic carbocycles. The van der Waals surface area contributed by atoms with Gasteiger partial charge in [-0.25, -0.2) is 4.39 Å². The molecule has 78 valence electrons. The lowest BCUT2D eigenvalue weighted by Gasteiger charge is -2.08. The van der Waals surface area contributed by atoms with Crippen molar-refractivity contribution in [1.29, 1.82) is 0 Å². The number of carbonyl (C=O) groups is 1. The van der Waals surface area contributed by atoms with E-state index >= 15 is 0 Å². The third-order valence-electron chi connectivity index (χ3n) is 3.03. The number of halogens is 1. The molecule has 1 spiro atoms. The van der Waals surface area contributed by atoms with Crippen LogP contribution in [-0.4, -0.2) is 12.5 Å². The Morgan fingerprint density at radius 1 is 1.40 bits per heavy atom. The van der Waals surface area contributed by atoms with Crippen molar-refractivity contribution in [3.63, 3.8) is 0 Å². The van der Waals surface area contributed by atoms with Gasteiger partial charge in [0.05, 0.1) is 11.1 Å². The number of fused-ring (bicyclic) bond motifs is 1. The van der Waals surface area contributed by atoms with Gasteiger partial charge >= 0.3 is 0 Å². The van der Waals surface area contributed by atoms with Crippen molar-refractivity contribution in [2.24, 2.45) is 5.41 Å². The Bertz CT molecular complexity index is 440. The molecule has 1 saturated carbocycles. The highest BCUT2D eigenvalue weighted by atomic mass is 19.1. The van der Waals surface area contributed by atoms with E-state index in [1.54, 1.807) is 0 Å². The minimum Gasteiger partial charge on any atom is -0.490 e. The van der Waals surface area contributed by atoms with Crippen molar-refractivity contribution in [2.75, 3.05) is 11.9 Å². The lowest BCUT2D eigenvalue weighted by Crippen LogP contribution is -2.26. The molecule has 3 nitrogen and oxygen atoms in total. The molecule has 4 heteroatoms. The maximum absolute atomic E-state index is 12.9. The molecule has 0 atom stereocenters. The quantitative estimate of drug-likeness (QED) is 0.706. The number of anilines is 1. The number of carbonyl (C=O) groups excluding carboxylic acids is 1. The molecule has 1 heterocycles. The molecule has 0 saturated heterocycles. The fourth-order valence-corrected chi connectivity index (χ4v) is 1.78. The normalized spacial score (nSPS) is 21.3. The Hall–Kier alpha value is -1.58. The average Bonchev–Trinajstić information content (AvgIpc) is 3.00. The largest absolute Gasteiger partial charge is 0.490 e. The first kappa shape index (κ1) is 8.71. The summed E-state index contributed by atoms with van der Waals surface area (Å²) in [6, 6.07) is 4.15. The fraction of sp³-hybridized carbons (Fsp3) is 0.364. The zero-order chi connectivity index (χ0) is 10.5. The lowest BCUT2D eigenvalue weighted by atomic mass is 10.1. The van der Waals surface area contributed by atoms with Gasteiger partial charge in [-0.15, -0.1) is 0 Å². The summed E-state index contributed by atoms with van der Waals surface area (Å²) in [6.45, 7) is 0.356. The second-order valence-corrected chi connectivity index (χ2v) is 4.16. The van der Waals surface area contributed by atoms with Crippen LogP contribution in [0.25, 0.3) is 0 Å². The van der Waals surface area contributed by atoms with Gasteiger partial charge in [-0.3, -0.25) is 4.79 Å². The summed E-state index contributed by atoms with van der Waals surface area (Å²) in [5.74, 6) is 0.0646. The summed E-state index contributed by atoms with van der Waals surface area (Å²) < 4.78 is 18.4. The first-order valence-electron chi connectivity index (χ1n) is 4.93. The van der Waals surface area contributed by atoms with Crippen LogP contribution >= 0.6 is 0 Å². The molecule has 0 radical (unpaired) electrons. The first-order valence-corrected chi connectivity index (χ1v) is 4.93. The van der Waals surface area contributed by atoms with E-state index < -0.39 is 0 Å². The number of hydrogen-bond acceptors (Lipinski definition) is 2. The highest BCUT2D eigenvalue weighted by Crippen LogP contribution is 2.49. The monoisotopic (exact) mass is 207 g/mol. The minimum absolute atomic E-state index is 0.00661. The predicted octanol–water partition coefficient (Wildman–Crippen LogP) is 1.94. The average molecular weight is 207 g/mol. The highest BCUT2D eigenvalue weighted by Gasteiger charge is 2.52. The maximum atomic E-state index is 12.9. The Balaban J connectivity index is 2.00. The smallest absolute Gasteiger partial charge is 0.234 e. The third-order valence-corrected chi connectivity index (χ3v) is 3.03. The van der Waals surface area contributed by atoms with E-state index in [9.17, 15) is 9.18 Å². The van der Waals surface area contributed by atoms with Gasteiger partial charge in [-0.05, 0) is 25.0 Å². The van der Waals surface area contributed by atoms with Crippen molar-refractivity contribution >= 4 is 11.6 Å². The van der Waals surface area contributed by atoms with Crippen molar-refractivity contribution < 1.29 is 13.9 Å². The zero-order valence-electron chi connectivity index (χ0n) is 8.05. The standard InChI is InChI=1S/C11H10FNO2/c12-7-1-2-8-9(5-7)15-6-11(3-4-11)10(14)13-8/h1-2,5H,3-4,6H2,(H,13,14). The number of hydrogen-bond donors (Lipinski definition) is 1. The van der Waals surface area contributed by atoms with Gasteiger partial charge in [0, 0.05) is 6.07 Å². The van der Waals surface area contributed by atoms with Gasteiger partial charge in [0.1, 0.15) is 18.2 Å². The van der Waals surface area contributed by atoms with Crippen LogP contribution in [0.2, 0.25) is 0 Å². The molecule has 1 aromatic rings. The van der Waals surface area contributed by atoms with Crippen LogP contribution in [0.5, 0.6) is 5.75 Å². The number of nitrogens with one attached hydrogen (secondary N) is 1. The molecule has 1 aliphatic heterocycles. The van der Waals surface area contributed by atoms with E-state index in [4.69, 9.17) is 4.74 Å². The Morgan fingerprint density at radius 3 is 2.93 bits per heavy atom. The van der Waals surface area contributed by atoms with E-state index in [1.807, 2.05) is 0 Å². The fourth-order valence-electron chi connectivity index (χ4n) is 1.78. The van der Waals surface area contributed by atoms with Gasteiger partial charge < -0.3 is 10.1 Å². The molecule has 2 aliphatic rings. The molecule has 1 N–H and O–H groups in total. The second kappa shape index (κ2) is 2.72. The molecule has 0 unspecified atom stereocenters. The number of ether oxygens (including phenoxy) is 1. The predicted molar refractivity (Wildman–Crippen MR) is 52.2 cm³/mol. The van der Waals surface area contributed by atoms with Gasteiger partial charge in [-0.2, -0.15) is 0 Å². The van der Waals surface area contributed by atoms with Crippen LogP contribution in [-0.2, 0) is 4.79 Å². The topological polar surface area (TPSA) is 38.3 Å². The van der Waals surface area contributed by atoms with E-state index in [0.717, 1.165) is 12.8 Å². The molecule has 1 aromatic carbocycles. The maximum Gasteiger partial charge on any atom is 0.234 e. The van der Waals surface area contributed by atoms with Crippen LogP contribution in [0.1, 0.15) is 12.8 Å². The van der Waals surface area contributed by atoms with E-state index in [1.165, 1.54) is 18.2 Å². The molecule has 15 heavy (non-hydrogen) atoms. The molecular weight excluding hydrogens is 197 g/mol. The van der Waals surface area contributed by atoms with Crippen LogP contribution in [0.15, 0.2) is 18.2 Å². The molecule has 0 bridgehead atoms. The summed E-state index contributed by atoms with van der Waals surface area (Å²) in [6.07, 6.45) is 1.71. The van der Waals surface area contributed by atoms with Crippen LogP contribution < -0.4 is 10.1 Å². The zero-order valence-corrected chi connectivity index (χ0v) is 8.05. The highest BCUT2D eigenvalue weighted by molar-refractivity contribution is 5.99. The molecular formula is C11H10FNO2. The number of benzene rings is 1. The van der Waals surface area contributed by atoms with Gasteiger partial charge in [0.25, 0.3) is 0 Å². The lowest BCUT2D eigenvalue weighted by molar-refractivity contribution is -0.121. The van der Waals surface area contributed by atoms with E-state index in [2.05, 4.69) is 5.32 Å². The first-order chi connectivity index (χ1) is 7.20. The number of rotatable bonds is 0. The second-order valence-electron chi connectivity index (χ2n) is 4.16. The Morgan fingerprint density at radius 2 is 2.20 bits per heavy atom. The van der Waals surface area contributed by atoms with E-state index in [0.29, 0.717) is 18.0 Å². The Labute approximate surface area is 86.2 Å². The van der Waals surface area contributed by atoms with Gasteiger partial charge in [0.15, 0.2) is 0 Å².